The lowest BCUT2D eigenvalue weighted by Gasteiger charge is -2.16. The number of halogens is 1. The molecule has 1 aromatic carbocycles. The summed E-state index contributed by atoms with van der Waals surface area (Å²) in [5, 5.41) is 3.80. The first-order valence-corrected chi connectivity index (χ1v) is 7.58. The quantitative estimate of drug-likeness (QED) is 0.881. The molecule has 116 valence electrons. The van der Waals surface area contributed by atoms with Crippen LogP contribution in [0.4, 0.5) is 11.5 Å². The number of carbonyl (C=O) groups excluding carboxylic acids is 1. The monoisotopic (exact) mass is 318 g/mol. The molecule has 1 N–H and O–H groups in total. The van der Waals surface area contributed by atoms with Gasteiger partial charge in [0.15, 0.2) is 0 Å². The van der Waals surface area contributed by atoms with E-state index in [4.69, 9.17) is 11.6 Å². The fourth-order valence-electron chi connectivity index (χ4n) is 1.92. The Kier molecular flexibility index (Phi) is 5.72. The second kappa shape index (κ2) is 7.75. The maximum Gasteiger partial charge on any atom is 0.272 e. The number of hydrogen-bond donors (Lipinski definition) is 1. The van der Waals surface area contributed by atoms with Gasteiger partial charge in [0.05, 0.1) is 0 Å². The molecule has 0 aliphatic carbocycles. The number of hydrogen-bond acceptors (Lipinski definition) is 4. The lowest BCUT2D eigenvalue weighted by atomic mass is 10.3. The van der Waals surface area contributed by atoms with Gasteiger partial charge < -0.3 is 10.2 Å². The molecule has 0 spiro atoms. The average molecular weight is 319 g/mol. The topological polar surface area (TPSA) is 58.1 Å². The van der Waals surface area contributed by atoms with Gasteiger partial charge in [0.2, 0.25) is 0 Å². The van der Waals surface area contributed by atoms with Crippen LogP contribution in [-0.2, 0) is 0 Å². The highest BCUT2D eigenvalue weighted by molar-refractivity contribution is 6.30. The number of nitrogens with one attached hydrogen (secondary N) is 1. The normalized spacial score (nSPS) is 10.3. The first-order valence-electron chi connectivity index (χ1n) is 7.20. The maximum atomic E-state index is 12.3. The summed E-state index contributed by atoms with van der Waals surface area (Å²) in [6.07, 6.45) is 3.41. The third kappa shape index (κ3) is 4.43. The molecule has 22 heavy (non-hydrogen) atoms. The van der Waals surface area contributed by atoms with Crippen molar-refractivity contribution >= 4 is 29.0 Å². The van der Waals surface area contributed by atoms with E-state index >= 15 is 0 Å². The Morgan fingerprint density at radius 3 is 2.68 bits per heavy atom. The molecule has 0 saturated heterocycles. The van der Waals surface area contributed by atoms with Crippen molar-refractivity contribution in [3.05, 3.63) is 47.4 Å². The molecule has 1 heterocycles. The molecule has 0 saturated carbocycles. The minimum Gasteiger partial charge on any atom is -0.340 e. The molecule has 1 aromatic heterocycles. The van der Waals surface area contributed by atoms with Gasteiger partial charge in [0.25, 0.3) is 5.91 Å². The second-order valence-electron chi connectivity index (χ2n) is 5.00. The fourth-order valence-corrected chi connectivity index (χ4v) is 2.04. The predicted octanol–water partition coefficient (Wildman–Crippen LogP) is 3.75. The summed E-state index contributed by atoms with van der Waals surface area (Å²) < 4.78 is 0. The summed E-state index contributed by atoms with van der Waals surface area (Å²) in [7, 11) is 1.78. The molecule has 0 aliphatic heterocycles. The Bertz CT molecular complexity index is 630. The molecular weight excluding hydrogens is 300 g/mol. The number of nitrogens with zero attached hydrogens (tertiary/aromatic N) is 3. The highest BCUT2D eigenvalue weighted by Gasteiger charge is 2.13. The Labute approximate surface area is 135 Å². The van der Waals surface area contributed by atoms with Crippen LogP contribution in [0.3, 0.4) is 0 Å². The standard InChI is InChI=1S/C16H19ClN4O/c1-3-4-9-21(2)16(22)14-10-15(19-11-18-14)20-13-7-5-12(17)6-8-13/h5-8,10-11H,3-4,9H2,1-2H3,(H,18,19,20). The Hall–Kier alpha value is -2.14. The third-order valence-corrected chi connectivity index (χ3v) is 3.45. The van der Waals surface area contributed by atoms with Crippen molar-refractivity contribution in [2.24, 2.45) is 0 Å². The molecule has 2 aromatic rings. The number of anilines is 2. The second-order valence-corrected chi connectivity index (χ2v) is 5.44. The zero-order chi connectivity index (χ0) is 15.9. The van der Waals surface area contributed by atoms with Gasteiger partial charge in [-0.1, -0.05) is 24.9 Å². The number of carbonyl (C=O) groups is 1. The minimum atomic E-state index is -0.102. The van der Waals surface area contributed by atoms with E-state index < -0.39 is 0 Å². The van der Waals surface area contributed by atoms with Crippen molar-refractivity contribution in [2.45, 2.75) is 19.8 Å². The predicted molar refractivity (Wildman–Crippen MR) is 88.6 cm³/mol. The summed E-state index contributed by atoms with van der Waals surface area (Å²) >= 11 is 5.85. The summed E-state index contributed by atoms with van der Waals surface area (Å²) in [6.45, 7) is 2.82. The van der Waals surface area contributed by atoms with Crippen LogP contribution in [0.15, 0.2) is 36.7 Å². The van der Waals surface area contributed by atoms with Crippen LogP contribution in [0.5, 0.6) is 0 Å². The first-order chi connectivity index (χ1) is 10.6. The van der Waals surface area contributed by atoms with Crippen LogP contribution in [-0.4, -0.2) is 34.4 Å². The molecule has 5 nitrogen and oxygen atoms in total. The van der Waals surface area contributed by atoms with Crippen molar-refractivity contribution in [1.82, 2.24) is 14.9 Å². The van der Waals surface area contributed by atoms with Crippen LogP contribution in [0.1, 0.15) is 30.3 Å². The van der Waals surface area contributed by atoms with Gasteiger partial charge >= 0.3 is 0 Å². The van der Waals surface area contributed by atoms with E-state index in [0.29, 0.717) is 16.5 Å². The zero-order valence-corrected chi connectivity index (χ0v) is 13.5. The van der Waals surface area contributed by atoms with Gasteiger partial charge in [-0.3, -0.25) is 4.79 Å². The van der Waals surface area contributed by atoms with E-state index in [2.05, 4.69) is 22.2 Å². The van der Waals surface area contributed by atoms with Gasteiger partial charge in [-0.2, -0.15) is 0 Å². The Morgan fingerprint density at radius 2 is 2.00 bits per heavy atom. The smallest absolute Gasteiger partial charge is 0.272 e. The molecule has 0 atom stereocenters. The van der Waals surface area contributed by atoms with Crippen molar-refractivity contribution in [1.29, 1.82) is 0 Å². The molecule has 2 rings (SSSR count). The number of rotatable bonds is 6. The van der Waals surface area contributed by atoms with Gasteiger partial charge in [-0.15, -0.1) is 0 Å². The van der Waals surface area contributed by atoms with Crippen LogP contribution >= 0.6 is 11.6 Å². The van der Waals surface area contributed by atoms with Crippen LogP contribution in [0.2, 0.25) is 5.02 Å². The molecule has 6 heteroatoms. The molecule has 0 aliphatic rings. The lowest BCUT2D eigenvalue weighted by molar-refractivity contribution is 0.0787. The van der Waals surface area contributed by atoms with E-state index in [9.17, 15) is 4.79 Å². The molecule has 0 radical (unpaired) electrons. The number of unbranched alkanes of at least 4 members (excludes halogenated alkanes) is 1. The van der Waals surface area contributed by atoms with Crippen LogP contribution in [0.25, 0.3) is 0 Å². The van der Waals surface area contributed by atoms with Gasteiger partial charge in [0.1, 0.15) is 17.8 Å². The van der Waals surface area contributed by atoms with Gasteiger partial charge in [0, 0.05) is 30.4 Å². The van der Waals surface area contributed by atoms with Crippen molar-refractivity contribution < 1.29 is 4.79 Å². The average Bonchev–Trinajstić information content (AvgIpc) is 2.54. The SMILES string of the molecule is CCCCN(C)C(=O)c1cc(Nc2ccc(Cl)cc2)ncn1. The van der Waals surface area contributed by atoms with Gasteiger partial charge in [-0.25, -0.2) is 9.97 Å². The maximum absolute atomic E-state index is 12.3. The molecule has 0 fully saturated rings. The van der Waals surface area contributed by atoms with E-state index in [1.54, 1.807) is 30.1 Å². The minimum absolute atomic E-state index is 0.102. The van der Waals surface area contributed by atoms with Crippen LogP contribution < -0.4 is 5.32 Å². The summed E-state index contributed by atoms with van der Waals surface area (Å²) in [6, 6.07) is 8.92. The van der Waals surface area contributed by atoms with Crippen molar-refractivity contribution in [2.75, 3.05) is 18.9 Å². The number of benzene rings is 1. The summed E-state index contributed by atoms with van der Waals surface area (Å²) in [5.41, 5.74) is 1.23. The molecule has 0 unspecified atom stereocenters. The summed E-state index contributed by atoms with van der Waals surface area (Å²) in [5.74, 6) is 0.472. The third-order valence-electron chi connectivity index (χ3n) is 3.20. The largest absolute Gasteiger partial charge is 0.340 e. The zero-order valence-electron chi connectivity index (χ0n) is 12.7. The van der Waals surface area contributed by atoms with Gasteiger partial charge in [-0.05, 0) is 30.7 Å². The van der Waals surface area contributed by atoms with Crippen molar-refractivity contribution in [3.8, 4) is 0 Å². The molecule has 1 amide bonds. The van der Waals surface area contributed by atoms with Crippen LogP contribution in [0, 0.1) is 0 Å². The van der Waals surface area contributed by atoms with E-state index in [-0.39, 0.29) is 5.91 Å². The first kappa shape index (κ1) is 16.2. The van der Waals surface area contributed by atoms with Crippen molar-refractivity contribution in [3.63, 3.8) is 0 Å². The number of amides is 1. The number of aromatic nitrogens is 2. The Morgan fingerprint density at radius 1 is 1.27 bits per heavy atom. The summed E-state index contributed by atoms with van der Waals surface area (Å²) in [4.78, 5) is 22.2. The van der Waals surface area contributed by atoms with E-state index in [1.165, 1.54) is 6.33 Å². The molecule has 0 bridgehead atoms. The van der Waals surface area contributed by atoms with E-state index in [0.717, 1.165) is 25.1 Å². The highest BCUT2D eigenvalue weighted by Crippen LogP contribution is 2.18. The highest BCUT2D eigenvalue weighted by atomic mass is 35.5. The lowest BCUT2D eigenvalue weighted by Crippen LogP contribution is -2.28. The molecular formula is C16H19ClN4O. The fraction of sp³-hybridized carbons (Fsp3) is 0.312. The Balaban J connectivity index is 2.09. The van der Waals surface area contributed by atoms with E-state index in [1.807, 2.05) is 12.1 Å².